The van der Waals surface area contributed by atoms with E-state index < -0.39 is 31.6 Å². The number of carbonyl (C=O) groups is 2. The summed E-state index contributed by atoms with van der Waals surface area (Å²) >= 11 is -2.07. The highest BCUT2D eigenvalue weighted by Gasteiger charge is 2.40. The Morgan fingerprint density at radius 3 is 2.22 bits per heavy atom. The quantitative estimate of drug-likeness (QED) is 0.173. The molecule has 2 fully saturated rings. The van der Waals surface area contributed by atoms with Crippen molar-refractivity contribution in [1.29, 1.82) is 0 Å². The number of fused-ring (bicyclic) bond motifs is 1. The molecule has 1 heterocycles. The first kappa shape index (κ1) is 33.4. The minimum Gasteiger partial charge on any atom is -0.772 e. The van der Waals surface area contributed by atoms with Crippen LogP contribution in [0.15, 0.2) is 53.5 Å². The molecular formula is C35H42NO7S2-. The summed E-state index contributed by atoms with van der Waals surface area (Å²) in [5.41, 5.74) is 3.40. The van der Waals surface area contributed by atoms with Gasteiger partial charge >= 0.3 is 5.97 Å². The van der Waals surface area contributed by atoms with Gasteiger partial charge in [-0.1, -0.05) is 53.6 Å². The number of Topliss-reactive ketones (excluding diaryl/α,β-unsaturated/α-hetero) is 1. The second kappa shape index (κ2) is 13.8. The van der Waals surface area contributed by atoms with Gasteiger partial charge in [0.15, 0.2) is 0 Å². The summed E-state index contributed by atoms with van der Waals surface area (Å²) in [7, 11) is -3.15. The number of ether oxygens (including phenoxy) is 1. The van der Waals surface area contributed by atoms with Gasteiger partial charge in [-0.3, -0.25) is 18.8 Å². The van der Waals surface area contributed by atoms with Crippen molar-refractivity contribution < 1.29 is 31.5 Å². The van der Waals surface area contributed by atoms with Crippen molar-refractivity contribution in [3.8, 4) is 5.75 Å². The first-order valence-corrected chi connectivity index (χ1v) is 19.0. The fourth-order valence-electron chi connectivity index (χ4n) is 7.04. The molecule has 0 N–H and O–H groups in total. The average molecular weight is 653 g/mol. The second-order valence-corrected chi connectivity index (χ2v) is 16.6. The molecule has 10 heteroatoms. The summed E-state index contributed by atoms with van der Waals surface area (Å²) in [5.74, 6) is -0.0721. The molecular weight excluding hydrogens is 611 g/mol. The van der Waals surface area contributed by atoms with Gasteiger partial charge in [0.1, 0.15) is 21.4 Å². The van der Waals surface area contributed by atoms with E-state index in [0.29, 0.717) is 50.0 Å². The largest absolute Gasteiger partial charge is 0.772 e. The number of ketones is 1. The van der Waals surface area contributed by atoms with Gasteiger partial charge in [-0.2, -0.15) is 0 Å². The van der Waals surface area contributed by atoms with Gasteiger partial charge in [0, 0.05) is 35.3 Å². The molecule has 8 nitrogen and oxygen atoms in total. The Labute approximate surface area is 269 Å². The Hall–Kier alpha value is -2.95. The van der Waals surface area contributed by atoms with Crippen molar-refractivity contribution in [3.05, 3.63) is 65.2 Å². The fraction of sp³-hybridized carbons (Fsp3) is 0.514. The number of hydrogen-bond donors (Lipinski definition) is 0. The zero-order valence-electron chi connectivity index (χ0n) is 26.2. The number of nitrogens with zero attached hydrogens (tertiary/aromatic N) is 1. The lowest BCUT2D eigenvalue weighted by Crippen LogP contribution is -2.32. The highest BCUT2D eigenvalue weighted by molar-refractivity contribution is 7.91. The average Bonchev–Trinajstić information content (AvgIpc) is 3.27. The SMILES string of the molecule is CC1(C)C(/C=C/c2ccccc2)=Nc2c(CC(=O)C3CCC(CS(=O)[O-])CC3)ccc(OC(=O)C3CCC(S(C)(=O)=O)CC3)c21. The molecule has 5 rings (SSSR count). The highest BCUT2D eigenvalue weighted by Crippen LogP contribution is 2.48. The minimum absolute atomic E-state index is 0.108. The molecule has 0 amide bonds. The van der Waals surface area contributed by atoms with Crippen molar-refractivity contribution >= 4 is 50.1 Å². The normalized spacial score (nSPS) is 25.4. The zero-order chi connectivity index (χ0) is 32.4. The van der Waals surface area contributed by atoms with Crippen molar-refractivity contribution in [1.82, 2.24) is 0 Å². The van der Waals surface area contributed by atoms with Crippen LogP contribution in [0, 0.1) is 17.8 Å². The van der Waals surface area contributed by atoms with E-state index in [2.05, 4.69) is 0 Å². The molecule has 2 aliphatic carbocycles. The maximum absolute atomic E-state index is 13.5. The molecule has 1 aliphatic heterocycles. The molecule has 2 aromatic rings. The number of hydrogen-bond acceptors (Lipinski definition) is 8. The fourth-order valence-corrected chi connectivity index (χ4v) is 8.89. The molecule has 1 atom stereocenters. The van der Waals surface area contributed by atoms with Crippen LogP contribution in [-0.4, -0.2) is 51.9 Å². The Kier molecular flexibility index (Phi) is 10.3. The van der Waals surface area contributed by atoms with Gasteiger partial charge in [0.25, 0.3) is 0 Å². The molecule has 0 saturated heterocycles. The van der Waals surface area contributed by atoms with Gasteiger partial charge in [-0.15, -0.1) is 0 Å². The lowest BCUT2D eigenvalue weighted by molar-refractivity contribution is -0.140. The molecule has 3 aliphatic rings. The number of rotatable bonds is 10. The Bertz CT molecular complexity index is 1610. The molecule has 0 spiro atoms. The zero-order valence-corrected chi connectivity index (χ0v) is 27.8. The van der Waals surface area contributed by atoms with Crippen LogP contribution < -0.4 is 4.74 Å². The molecule has 242 valence electrons. The van der Waals surface area contributed by atoms with Crippen LogP contribution in [0.5, 0.6) is 5.75 Å². The minimum atomic E-state index is -3.15. The molecule has 0 aromatic heterocycles. The molecule has 1 unspecified atom stereocenters. The highest BCUT2D eigenvalue weighted by atomic mass is 32.2. The lowest BCUT2D eigenvalue weighted by Gasteiger charge is -2.29. The van der Waals surface area contributed by atoms with Crippen molar-refractivity contribution in [3.63, 3.8) is 0 Å². The summed E-state index contributed by atoms with van der Waals surface area (Å²) in [5, 5.41) is -0.417. The van der Waals surface area contributed by atoms with Crippen LogP contribution in [0.2, 0.25) is 0 Å². The molecule has 2 aromatic carbocycles. The van der Waals surface area contributed by atoms with Gasteiger partial charge < -0.3 is 9.29 Å². The third-order valence-corrected chi connectivity index (χ3v) is 12.2. The summed E-state index contributed by atoms with van der Waals surface area (Å²) in [6.45, 7) is 4.07. The van der Waals surface area contributed by atoms with E-state index in [1.54, 1.807) is 6.07 Å². The van der Waals surface area contributed by atoms with Crippen LogP contribution in [0.3, 0.4) is 0 Å². The Morgan fingerprint density at radius 1 is 0.956 bits per heavy atom. The molecule has 0 bridgehead atoms. The third kappa shape index (κ3) is 7.89. The van der Waals surface area contributed by atoms with Gasteiger partial charge in [0.2, 0.25) is 0 Å². The Morgan fingerprint density at radius 2 is 1.60 bits per heavy atom. The summed E-state index contributed by atoms with van der Waals surface area (Å²) in [6.07, 6.45) is 10.0. The standard InChI is InChI=1S/C35H43NO7S2/c1-35(2)31(20-11-23-7-5-4-6-8-23)36-33-27(21-29(37)25-12-9-24(10-13-25)22-44(39)40)16-19-30(32(33)35)43-34(38)26-14-17-28(18-15-26)45(3,41)42/h4-8,11,16,19-20,24-26,28H,9-10,12-15,17-18,21-22H2,1-3H3,(H,39,40)/p-1/b20-11+. The van der Waals surface area contributed by atoms with Crippen molar-refractivity contribution in [2.24, 2.45) is 22.7 Å². The summed E-state index contributed by atoms with van der Waals surface area (Å²) in [6, 6.07) is 13.5. The molecule has 2 saturated carbocycles. The van der Waals surface area contributed by atoms with E-state index in [0.717, 1.165) is 35.2 Å². The predicted molar refractivity (Wildman–Crippen MR) is 176 cm³/mol. The topological polar surface area (TPSA) is 130 Å². The van der Waals surface area contributed by atoms with E-state index in [9.17, 15) is 26.8 Å². The first-order chi connectivity index (χ1) is 21.3. The van der Waals surface area contributed by atoms with Gasteiger partial charge in [-0.05, 0) is 94.4 Å². The summed E-state index contributed by atoms with van der Waals surface area (Å²) < 4.78 is 52.3. The van der Waals surface area contributed by atoms with Crippen molar-refractivity contribution in [2.45, 2.75) is 82.3 Å². The monoisotopic (exact) mass is 652 g/mol. The first-order valence-electron chi connectivity index (χ1n) is 15.8. The number of esters is 1. The van der Waals surface area contributed by atoms with Gasteiger partial charge in [-0.25, -0.2) is 8.42 Å². The number of aliphatic imine (C=N–C) groups is 1. The number of allylic oxidation sites excluding steroid dienone is 1. The van der Waals surface area contributed by atoms with Crippen LogP contribution in [-0.2, 0) is 42.3 Å². The number of benzene rings is 2. The van der Waals surface area contributed by atoms with E-state index in [-0.39, 0.29) is 41.7 Å². The van der Waals surface area contributed by atoms with E-state index in [1.165, 1.54) is 6.26 Å². The van der Waals surface area contributed by atoms with E-state index in [1.807, 2.05) is 62.4 Å². The molecule has 45 heavy (non-hydrogen) atoms. The van der Waals surface area contributed by atoms with E-state index in [4.69, 9.17) is 9.73 Å². The van der Waals surface area contributed by atoms with Gasteiger partial charge in [0.05, 0.1) is 22.6 Å². The summed E-state index contributed by atoms with van der Waals surface area (Å²) in [4.78, 5) is 31.9. The Balaban J connectivity index is 1.39. The number of carbonyl (C=O) groups excluding carboxylic acids is 2. The maximum Gasteiger partial charge on any atom is 0.314 e. The third-order valence-electron chi connectivity index (χ3n) is 9.82. The van der Waals surface area contributed by atoms with E-state index >= 15 is 0 Å². The molecule has 0 radical (unpaired) electrons. The predicted octanol–water partition coefficient (Wildman–Crippen LogP) is 6.07. The van der Waals surface area contributed by atoms with Crippen LogP contribution in [0.25, 0.3) is 6.08 Å². The maximum atomic E-state index is 13.5. The van der Waals surface area contributed by atoms with Crippen molar-refractivity contribution in [2.75, 3.05) is 12.0 Å². The van der Waals surface area contributed by atoms with Crippen LogP contribution in [0.4, 0.5) is 5.69 Å². The second-order valence-electron chi connectivity index (χ2n) is 13.4. The lowest BCUT2D eigenvalue weighted by atomic mass is 9.78. The van der Waals surface area contributed by atoms with Crippen LogP contribution >= 0.6 is 0 Å². The van der Waals surface area contributed by atoms with Crippen LogP contribution in [0.1, 0.15) is 81.9 Å². The number of sulfone groups is 1. The smallest absolute Gasteiger partial charge is 0.314 e.